The Bertz CT molecular complexity index is 283. The molecule has 1 rings (SSSR count). The predicted octanol–water partition coefficient (Wildman–Crippen LogP) is 3.76. The third kappa shape index (κ3) is 3.81. The number of rotatable bonds is 4. The zero-order valence-corrected chi connectivity index (χ0v) is 10.6. The van der Waals surface area contributed by atoms with E-state index in [2.05, 4.69) is 66.3 Å². The van der Waals surface area contributed by atoms with Gasteiger partial charge in [-0.3, -0.25) is 0 Å². The molecule has 1 N–H and O–H groups in total. The van der Waals surface area contributed by atoms with E-state index in [-0.39, 0.29) is 0 Å². The highest BCUT2D eigenvalue weighted by Crippen LogP contribution is 2.17. The van der Waals surface area contributed by atoms with Crippen LogP contribution in [0.25, 0.3) is 0 Å². The molecule has 78 valence electrons. The minimum absolute atomic E-state index is 0.426. The number of hydrogen-bond acceptors (Lipinski definition) is 1. The molecule has 1 aromatic carbocycles. The number of benzene rings is 1. The molecule has 0 saturated heterocycles. The van der Waals surface area contributed by atoms with Crippen molar-refractivity contribution in [3.63, 3.8) is 0 Å². The molecule has 1 aromatic rings. The van der Waals surface area contributed by atoms with Gasteiger partial charge in [-0.05, 0) is 37.1 Å². The summed E-state index contributed by atoms with van der Waals surface area (Å²) in [4.78, 5) is 0. The van der Waals surface area contributed by atoms with E-state index in [9.17, 15) is 0 Å². The van der Waals surface area contributed by atoms with Gasteiger partial charge in [0.2, 0.25) is 0 Å². The maximum absolute atomic E-state index is 3.50. The normalized spacial score (nSPS) is 13.2. The van der Waals surface area contributed by atoms with E-state index in [0.717, 1.165) is 11.0 Å². The third-order valence-corrected chi connectivity index (χ3v) is 2.67. The summed E-state index contributed by atoms with van der Waals surface area (Å²) in [6.45, 7) is 7.71. The second-order valence-electron chi connectivity index (χ2n) is 4.08. The lowest BCUT2D eigenvalue weighted by Crippen LogP contribution is -2.23. The fourth-order valence-electron chi connectivity index (χ4n) is 1.31. The number of hydrogen-bond donors (Lipinski definition) is 1. The monoisotopic (exact) mass is 255 g/mol. The van der Waals surface area contributed by atoms with Crippen molar-refractivity contribution in [3.8, 4) is 0 Å². The SMILES string of the molecule is CC(C)CN[C@@H](C)c1cccc(Br)c1. The maximum atomic E-state index is 3.50. The molecule has 0 aliphatic heterocycles. The Morgan fingerprint density at radius 3 is 2.57 bits per heavy atom. The van der Waals surface area contributed by atoms with Gasteiger partial charge in [0.1, 0.15) is 0 Å². The fraction of sp³-hybridized carbons (Fsp3) is 0.500. The highest BCUT2D eigenvalue weighted by Gasteiger charge is 2.05. The average molecular weight is 256 g/mol. The van der Waals surface area contributed by atoms with E-state index in [1.54, 1.807) is 0 Å². The lowest BCUT2D eigenvalue weighted by Gasteiger charge is -2.16. The summed E-state index contributed by atoms with van der Waals surface area (Å²) in [5, 5.41) is 3.50. The molecule has 0 amide bonds. The standard InChI is InChI=1S/C12H18BrN/c1-9(2)8-14-10(3)11-5-4-6-12(13)7-11/h4-7,9-10,14H,8H2,1-3H3/t10-/m0/s1. The largest absolute Gasteiger partial charge is 0.310 e. The Morgan fingerprint density at radius 2 is 2.00 bits per heavy atom. The van der Waals surface area contributed by atoms with Gasteiger partial charge in [0.25, 0.3) is 0 Å². The average Bonchev–Trinajstić information content (AvgIpc) is 2.14. The van der Waals surface area contributed by atoms with E-state index in [1.807, 2.05) is 0 Å². The van der Waals surface area contributed by atoms with Gasteiger partial charge < -0.3 is 5.32 Å². The molecule has 0 aliphatic carbocycles. The van der Waals surface area contributed by atoms with Gasteiger partial charge in [-0.25, -0.2) is 0 Å². The van der Waals surface area contributed by atoms with Crippen molar-refractivity contribution < 1.29 is 0 Å². The summed E-state index contributed by atoms with van der Waals surface area (Å²) < 4.78 is 1.15. The molecule has 0 aliphatic rings. The zero-order chi connectivity index (χ0) is 10.6. The summed E-state index contributed by atoms with van der Waals surface area (Å²) >= 11 is 3.48. The minimum atomic E-state index is 0.426. The van der Waals surface area contributed by atoms with Gasteiger partial charge in [0.15, 0.2) is 0 Å². The molecule has 1 atom stereocenters. The lowest BCUT2D eigenvalue weighted by atomic mass is 10.1. The van der Waals surface area contributed by atoms with Crippen LogP contribution in [-0.2, 0) is 0 Å². The Kier molecular flexibility index (Phi) is 4.63. The van der Waals surface area contributed by atoms with Crippen molar-refractivity contribution >= 4 is 15.9 Å². The maximum Gasteiger partial charge on any atom is 0.0292 e. The topological polar surface area (TPSA) is 12.0 Å². The third-order valence-electron chi connectivity index (χ3n) is 2.18. The molecule has 0 unspecified atom stereocenters. The second-order valence-corrected chi connectivity index (χ2v) is 4.99. The molecule has 0 fully saturated rings. The molecule has 0 spiro atoms. The first kappa shape index (κ1) is 11.7. The van der Waals surface area contributed by atoms with Crippen LogP contribution in [0.5, 0.6) is 0 Å². The van der Waals surface area contributed by atoms with E-state index in [1.165, 1.54) is 5.56 Å². The summed E-state index contributed by atoms with van der Waals surface area (Å²) in [7, 11) is 0. The van der Waals surface area contributed by atoms with E-state index in [4.69, 9.17) is 0 Å². The number of nitrogens with one attached hydrogen (secondary N) is 1. The van der Waals surface area contributed by atoms with Crippen molar-refractivity contribution in [3.05, 3.63) is 34.3 Å². The first-order valence-corrected chi connectivity index (χ1v) is 5.87. The van der Waals surface area contributed by atoms with Crippen molar-refractivity contribution in [2.45, 2.75) is 26.8 Å². The smallest absolute Gasteiger partial charge is 0.0292 e. The van der Waals surface area contributed by atoms with Crippen LogP contribution in [-0.4, -0.2) is 6.54 Å². The van der Waals surface area contributed by atoms with E-state index in [0.29, 0.717) is 12.0 Å². The van der Waals surface area contributed by atoms with E-state index >= 15 is 0 Å². The van der Waals surface area contributed by atoms with Gasteiger partial charge >= 0.3 is 0 Å². The zero-order valence-electron chi connectivity index (χ0n) is 9.05. The summed E-state index contributed by atoms with van der Waals surface area (Å²) in [5.74, 6) is 0.699. The Balaban J connectivity index is 2.56. The molecule has 1 nitrogen and oxygen atoms in total. The van der Waals surface area contributed by atoms with Gasteiger partial charge in [-0.1, -0.05) is 41.9 Å². The Morgan fingerprint density at radius 1 is 1.29 bits per heavy atom. The van der Waals surface area contributed by atoms with Crippen LogP contribution in [0.1, 0.15) is 32.4 Å². The highest BCUT2D eigenvalue weighted by molar-refractivity contribution is 9.10. The highest BCUT2D eigenvalue weighted by atomic mass is 79.9. The lowest BCUT2D eigenvalue weighted by molar-refractivity contribution is 0.496. The Hall–Kier alpha value is -0.340. The van der Waals surface area contributed by atoms with Crippen molar-refractivity contribution in [2.24, 2.45) is 5.92 Å². The first-order valence-electron chi connectivity index (χ1n) is 5.08. The van der Waals surface area contributed by atoms with Crippen molar-refractivity contribution in [1.82, 2.24) is 5.32 Å². The van der Waals surface area contributed by atoms with Crippen LogP contribution >= 0.6 is 15.9 Å². The molecule has 0 aromatic heterocycles. The van der Waals surface area contributed by atoms with Crippen LogP contribution in [0.15, 0.2) is 28.7 Å². The Labute approximate surface area is 95.0 Å². The van der Waals surface area contributed by atoms with Gasteiger partial charge in [-0.2, -0.15) is 0 Å². The van der Waals surface area contributed by atoms with Crippen molar-refractivity contribution in [2.75, 3.05) is 6.54 Å². The summed E-state index contributed by atoms with van der Waals surface area (Å²) in [5.41, 5.74) is 1.33. The molecule has 2 heteroatoms. The summed E-state index contributed by atoms with van der Waals surface area (Å²) in [6.07, 6.45) is 0. The van der Waals surface area contributed by atoms with Crippen LogP contribution in [0.2, 0.25) is 0 Å². The molecule has 0 saturated carbocycles. The molecular weight excluding hydrogens is 238 g/mol. The van der Waals surface area contributed by atoms with Gasteiger partial charge in [-0.15, -0.1) is 0 Å². The fourth-order valence-corrected chi connectivity index (χ4v) is 1.72. The summed E-state index contributed by atoms with van der Waals surface area (Å²) in [6, 6.07) is 8.88. The van der Waals surface area contributed by atoms with Gasteiger partial charge in [0.05, 0.1) is 0 Å². The molecule has 0 bridgehead atoms. The van der Waals surface area contributed by atoms with E-state index < -0.39 is 0 Å². The minimum Gasteiger partial charge on any atom is -0.310 e. The predicted molar refractivity (Wildman–Crippen MR) is 65.4 cm³/mol. The molecule has 0 heterocycles. The van der Waals surface area contributed by atoms with Crippen LogP contribution in [0.4, 0.5) is 0 Å². The molecule has 0 radical (unpaired) electrons. The van der Waals surface area contributed by atoms with Crippen LogP contribution < -0.4 is 5.32 Å². The van der Waals surface area contributed by atoms with Crippen LogP contribution in [0.3, 0.4) is 0 Å². The first-order chi connectivity index (χ1) is 6.59. The molecule has 14 heavy (non-hydrogen) atoms. The quantitative estimate of drug-likeness (QED) is 0.864. The second kappa shape index (κ2) is 5.52. The number of halogens is 1. The molecular formula is C12H18BrN. The van der Waals surface area contributed by atoms with Crippen LogP contribution in [0, 0.1) is 5.92 Å². The van der Waals surface area contributed by atoms with Gasteiger partial charge in [0, 0.05) is 10.5 Å². The van der Waals surface area contributed by atoms with Crippen molar-refractivity contribution in [1.29, 1.82) is 0 Å².